The van der Waals surface area contributed by atoms with E-state index in [0.717, 1.165) is 51.2 Å². The summed E-state index contributed by atoms with van der Waals surface area (Å²) < 4.78 is 0. The van der Waals surface area contributed by atoms with Crippen molar-refractivity contribution >= 4 is 28.6 Å². The van der Waals surface area contributed by atoms with Gasteiger partial charge in [-0.1, -0.05) is 182 Å². The molecule has 2 N–H and O–H groups in total. The number of amidine groups is 1. The Kier molecular flexibility index (Phi) is 8.60. The Hall–Kier alpha value is -7.75. The maximum Gasteiger partial charge on any atom is 0.131 e. The van der Waals surface area contributed by atoms with Gasteiger partial charge in [-0.3, -0.25) is 0 Å². The second-order valence-corrected chi connectivity index (χ2v) is 15.7. The topological polar surface area (TPSA) is 41.6 Å². The van der Waals surface area contributed by atoms with Crippen molar-refractivity contribution in [3.63, 3.8) is 0 Å². The minimum Gasteiger partial charge on any atom is -0.383 e. The van der Waals surface area contributed by atoms with Gasteiger partial charge in [-0.05, 0) is 110 Å². The van der Waals surface area contributed by atoms with Gasteiger partial charge in [0, 0.05) is 16.8 Å². The highest BCUT2D eigenvalue weighted by Crippen LogP contribution is 2.63. The first kappa shape index (κ1) is 35.4. The molecule has 0 unspecified atom stereocenters. The van der Waals surface area contributed by atoms with Crippen molar-refractivity contribution in [1.29, 1.82) is 0 Å². The average Bonchev–Trinajstić information content (AvgIpc) is 3.62. The van der Waals surface area contributed by atoms with Gasteiger partial charge in [0.15, 0.2) is 0 Å². The van der Waals surface area contributed by atoms with E-state index in [0.29, 0.717) is 5.84 Å². The van der Waals surface area contributed by atoms with Crippen molar-refractivity contribution in [2.75, 3.05) is 4.90 Å². The summed E-state index contributed by atoms with van der Waals surface area (Å²) in [5.74, 6) is 0.492. The SMILES string of the molecule is NC(=N/C(=C1/C=CC=CC1)c1ccccc1)c1cccc(-c2cccc(-c3ccc4c(c3)-c3ccccc3C43c4ccccc4N(c4ccccc4)c4ccccc43)c2)c1. The van der Waals surface area contributed by atoms with E-state index in [4.69, 9.17) is 10.7 Å². The van der Waals surface area contributed by atoms with Crippen LogP contribution in [0.15, 0.2) is 235 Å². The molecular formula is C57H41N3. The zero-order valence-corrected chi connectivity index (χ0v) is 33.0. The molecule has 284 valence electrons. The first-order valence-corrected chi connectivity index (χ1v) is 20.6. The van der Waals surface area contributed by atoms with Crippen LogP contribution in [0.3, 0.4) is 0 Å². The second kappa shape index (κ2) is 14.6. The van der Waals surface area contributed by atoms with E-state index in [2.05, 4.69) is 205 Å². The van der Waals surface area contributed by atoms with Gasteiger partial charge in [0.05, 0.1) is 22.5 Å². The summed E-state index contributed by atoms with van der Waals surface area (Å²) in [7, 11) is 0. The van der Waals surface area contributed by atoms with Crippen LogP contribution in [0.25, 0.3) is 39.1 Å². The van der Waals surface area contributed by atoms with Crippen LogP contribution in [0.1, 0.15) is 39.8 Å². The molecule has 0 aromatic heterocycles. The van der Waals surface area contributed by atoms with Gasteiger partial charge in [0.25, 0.3) is 0 Å². The third-order valence-corrected chi connectivity index (χ3v) is 12.3. The zero-order chi connectivity index (χ0) is 40.0. The molecule has 3 aliphatic rings. The van der Waals surface area contributed by atoms with E-state index < -0.39 is 5.41 Å². The monoisotopic (exact) mass is 767 g/mol. The quantitative estimate of drug-likeness (QED) is 0.135. The number of fused-ring (bicyclic) bond motifs is 9. The van der Waals surface area contributed by atoms with Gasteiger partial charge in [-0.15, -0.1) is 0 Å². The predicted octanol–water partition coefficient (Wildman–Crippen LogP) is 13.8. The van der Waals surface area contributed by atoms with Gasteiger partial charge < -0.3 is 10.6 Å². The Morgan fingerprint density at radius 1 is 0.467 bits per heavy atom. The number of hydrogen-bond acceptors (Lipinski definition) is 2. The van der Waals surface area contributed by atoms with Gasteiger partial charge in [-0.25, -0.2) is 4.99 Å². The molecule has 0 fully saturated rings. The Labute approximate surface area is 351 Å². The molecule has 0 radical (unpaired) electrons. The van der Waals surface area contributed by atoms with E-state index in [-0.39, 0.29) is 0 Å². The summed E-state index contributed by atoms with van der Waals surface area (Å²) in [6.45, 7) is 0. The highest BCUT2D eigenvalue weighted by Gasteiger charge is 2.51. The maximum absolute atomic E-state index is 6.83. The molecule has 0 bridgehead atoms. The first-order chi connectivity index (χ1) is 29.7. The predicted molar refractivity (Wildman–Crippen MR) is 250 cm³/mol. The Balaban J connectivity index is 1.00. The number of nitrogens with two attached hydrogens (primary N) is 1. The zero-order valence-electron chi connectivity index (χ0n) is 33.0. The largest absolute Gasteiger partial charge is 0.383 e. The van der Waals surface area contributed by atoms with Crippen LogP contribution in [0, 0.1) is 0 Å². The smallest absolute Gasteiger partial charge is 0.131 e. The third-order valence-electron chi connectivity index (χ3n) is 12.3. The number of allylic oxidation sites excluding steroid dienone is 5. The van der Waals surface area contributed by atoms with Crippen LogP contribution in [0.4, 0.5) is 17.1 Å². The molecule has 11 rings (SSSR count). The van der Waals surface area contributed by atoms with E-state index in [1.165, 1.54) is 50.3 Å². The van der Waals surface area contributed by atoms with Crippen molar-refractivity contribution in [1.82, 2.24) is 0 Å². The Bertz CT molecular complexity index is 3030. The van der Waals surface area contributed by atoms with Crippen molar-refractivity contribution in [2.24, 2.45) is 10.7 Å². The number of nitrogens with zero attached hydrogens (tertiary/aromatic N) is 2. The van der Waals surface area contributed by atoms with E-state index >= 15 is 0 Å². The number of benzene rings is 8. The molecule has 8 aromatic rings. The fourth-order valence-electron chi connectivity index (χ4n) is 9.67. The molecule has 8 aromatic carbocycles. The standard InChI is InChI=1S/C57H41N3/c58-56(59-55(39-18-4-1-5-19-39)40-20-6-2-7-21-40)45-25-17-24-43(37-45)41-22-16-23-42(36-41)44-34-35-50-48(38-44)47-28-10-11-29-49(47)57(50)51-30-12-14-32-53(51)60(46-26-8-3-9-27-46)54-33-15-13-31-52(54)57/h1-20,22-38H,21H2,(H2,58,59)/b55-40-. The highest BCUT2D eigenvalue weighted by molar-refractivity contribution is 6.02. The number of aliphatic imine (C=N–C) groups is 1. The van der Waals surface area contributed by atoms with Crippen LogP contribution in [0.2, 0.25) is 0 Å². The molecule has 60 heavy (non-hydrogen) atoms. The van der Waals surface area contributed by atoms with Crippen LogP contribution in [-0.2, 0) is 5.41 Å². The Morgan fingerprint density at radius 2 is 1.03 bits per heavy atom. The molecule has 2 aliphatic carbocycles. The number of rotatable bonds is 6. The van der Waals surface area contributed by atoms with Crippen molar-refractivity contribution in [3.05, 3.63) is 263 Å². The summed E-state index contributed by atoms with van der Waals surface area (Å²) in [6, 6.07) is 72.4. The second-order valence-electron chi connectivity index (χ2n) is 15.7. The fraction of sp³-hybridized carbons (Fsp3) is 0.0351. The Morgan fingerprint density at radius 3 is 1.73 bits per heavy atom. The van der Waals surface area contributed by atoms with Gasteiger partial charge >= 0.3 is 0 Å². The van der Waals surface area contributed by atoms with Crippen molar-refractivity contribution in [3.8, 4) is 33.4 Å². The van der Waals surface area contributed by atoms with Gasteiger partial charge in [0.2, 0.25) is 0 Å². The normalized spacial score (nSPS) is 15.3. The number of anilines is 3. The van der Waals surface area contributed by atoms with Crippen molar-refractivity contribution < 1.29 is 0 Å². The molecular weight excluding hydrogens is 727 g/mol. The van der Waals surface area contributed by atoms with Gasteiger partial charge in [0.1, 0.15) is 5.84 Å². The van der Waals surface area contributed by atoms with Gasteiger partial charge in [-0.2, -0.15) is 0 Å². The van der Waals surface area contributed by atoms with Crippen LogP contribution in [0.5, 0.6) is 0 Å². The summed E-state index contributed by atoms with van der Waals surface area (Å²) in [4.78, 5) is 7.49. The highest BCUT2D eigenvalue weighted by atomic mass is 15.2. The number of hydrogen-bond donors (Lipinski definition) is 1. The first-order valence-electron chi connectivity index (χ1n) is 20.6. The van der Waals surface area contributed by atoms with Crippen LogP contribution < -0.4 is 10.6 Å². The van der Waals surface area contributed by atoms with Crippen LogP contribution in [-0.4, -0.2) is 5.84 Å². The summed E-state index contributed by atoms with van der Waals surface area (Å²) in [6.07, 6.45) is 9.23. The van der Waals surface area contributed by atoms with Crippen LogP contribution >= 0.6 is 0 Å². The molecule has 1 heterocycles. The molecule has 3 heteroatoms. The molecule has 1 spiro atoms. The lowest BCUT2D eigenvalue weighted by atomic mass is 9.64. The lowest BCUT2D eigenvalue weighted by Crippen LogP contribution is -2.36. The molecule has 0 amide bonds. The van der Waals surface area contributed by atoms with Crippen molar-refractivity contribution in [2.45, 2.75) is 11.8 Å². The minimum absolute atomic E-state index is 0.479. The summed E-state index contributed by atoms with van der Waals surface area (Å²) in [5, 5.41) is 0. The molecule has 0 saturated carbocycles. The molecule has 1 aliphatic heterocycles. The van der Waals surface area contributed by atoms with E-state index in [1.54, 1.807) is 0 Å². The molecule has 0 saturated heterocycles. The summed E-state index contributed by atoms with van der Waals surface area (Å²) in [5.41, 5.74) is 26.2. The minimum atomic E-state index is -0.479. The fourth-order valence-corrected chi connectivity index (χ4v) is 9.67. The third kappa shape index (κ3) is 5.70. The molecule has 3 nitrogen and oxygen atoms in total. The van der Waals surface area contributed by atoms with E-state index in [1.807, 2.05) is 24.3 Å². The maximum atomic E-state index is 6.83. The lowest BCUT2D eigenvalue weighted by molar-refractivity contribution is 0.753. The molecule has 0 atom stereocenters. The summed E-state index contributed by atoms with van der Waals surface area (Å²) >= 11 is 0. The average molecular weight is 768 g/mol. The van der Waals surface area contributed by atoms with E-state index in [9.17, 15) is 0 Å². The number of para-hydroxylation sites is 3. The lowest BCUT2D eigenvalue weighted by Gasteiger charge is -2.45.